The maximum absolute atomic E-state index is 13.7. The van der Waals surface area contributed by atoms with Crippen molar-refractivity contribution in [1.29, 1.82) is 0 Å². The molecular formula is C12H14BrF2N3O2. The summed E-state index contributed by atoms with van der Waals surface area (Å²) in [6.07, 6.45) is 0. The third-order valence-corrected chi connectivity index (χ3v) is 3.19. The van der Waals surface area contributed by atoms with Gasteiger partial charge in [-0.2, -0.15) is 0 Å². The lowest BCUT2D eigenvalue weighted by Gasteiger charge is -2.21. The Morgan fingerprint density at radius 3 is 2.45 bits per heavy atom. The van der Waals surface area contributed by atoms with Crippen LogP contribution in [0, 0.1) is 17.6 Å². The topological polar surface area (TPSA) is 78.9 Å². The minimum absolute atomic E-state index is 0.0592. The predicted octanol–water partition coefficient (Wildman–Crippen LogP) is 2.18. The van der Waals surface area contributed by atoms with Crippen molar-refractivity contribution in [3.8, 4) is 0 Å². The fraction of sp³-hybridized carbons (Fsp3) is 0.333. The van der Waals surface area contributed by atoms with Crippen LogP contribution in [0.2, 0.25) is 0 Å². The number of hydrogen-bond acceptors (Lipinski definition) is 3. The van der Waals surface area contributed by atoms with Gasteiger partial charge in [-0.1, -0.05) is 28.0 Å². The first-order valence-corrected chi connectivity index (χ1v) is 6.44. The van der Waals surface area contributed by atoms with Gasteiger partial charge in [0.1, 0.15) is 23.0 Å². The molecule has 5 nitrogen and oxygen atoms in total. The smallest absolute Gasteiger partial charge is 0.259 e. The molecule has 0 fully saturated rings. The molecule has 0 bridgehead atoms. The number of carbonyl (C=O) groups excluding carboxylic acids is 1. The second-order valence-corrected chi connectivity index (χ2v) is 5.27. The third-order valence-electron chi connectivity index (χ3n) is 2.74. The zero-order chi connectivity index (χ0) is 15.4. The van der Waals surface area contributed by atoms with Crippen molar-refractivity contribution in [3.63, 3.8) is 0 Å². The molecule has 0 spiro atoms. The summed E-state index contributed by atoms with van der Waals surface area (Å²) in [5.74, 6) is -3.24. The Balaban J connectivity index is 2.96. The monoisotopic (exact) mass is 349 g/mol. The Labute approximate surface area is 123 Å². The molecule has 20 heavy (non-hydrogen) atoms. The Morgan fingerprint density at radius 2 is 2.00 bits per heavy atom. The molecule has 0 aliphatic heterocycles. The first-order valence-electron chi connectivity index (χ1n) is 5.65. The predicted molar refractivity (Wildman–Crippen MR) is 73.6 cm³/mol. The van der Waals surface area contributed by atoms with Gasteiger partial charge in [0.25, 0.3) is 5.91 Å². The largest absolute Gasteiger partial charge is 0.409 e. The second-order valence-electron chi connectivity index (χ2n) is 4.36. The van der Waals surface area contributed by atoms with E-state index in [1.54, 1.807) is 6.92 Å². The van der Waals surface area contributed by atoms with Crippen molar-refractivity contribution in [1.82, 2.24) is 4.90 Å². The number of amides is 1. The number of benzene rings is 1. The van der Waals surface area contributed by atoms with Gasteiger partial charge in [0.15, 0.2) is 0 Å². The number of halogens is 3. The van der Waals surface area contributed by atoms with E-state index in [0.29, 0.717) is 0 Å². The normalized spacial score (nSPS) is 13.2. The van der Waals surface area contributed by atoms with Crippen LogP contribution in [0.25, 0.3) is 0 Å². The van der Waals surface area contributed by atoms with E-state index in [2.05, 4.69) is 21.1 Å². The summed E-state index contributed by atoms with van der Waals surface area (Å²) in [4.78, 5) is 13.1. The van der Waals surface area contributed by atoms with Crippen LogP contribution in [-0.4, -0.2) is 35.4 Å². The average Bonchev–Trinajstić information content (AvgIpc) is 2.36. The highest BCUT2D eigenvalue weighted by atomic mass is 79.9. The molecule has 1 unspecified atom stereocenters. The van der Waals surface area contributed by atoms with E-state index < -0.39 is 29.0 Å². The lowest BCUT2D eigenvalue weighted by Crippen LogP contribution is -2.37. The van der Waals surface area contributed by atoms with Crippen LogP contribution in [0.1, 0.15) is 17.3 Å². The molecule has 0 heterocycles. The summed E-state index contributed by atoms with van der Waals surface area (Å²) >= 11 is 2.94. The van der Waals surface area contributed by atoms with Gasteiger partial charge in [-0.3, -0.25) is 4.79 Å². The molecule has 1 rings (SSSR count). The van der Waals surface area contributed by atoms with E-state index in [-0.39, 0.29) is 16.9 Å². The number of rotatable bonds is 4. The Kier molecular flexibility index (Phi) is 5.43. The molecule has 1 aromatic carbocycles. The van der Waals surface area contributed by atoms with E-state index >= 15 is 0 Å². The van der Waals surface area contributed by atoms with Crippen LogP contribution >= 0.6 is 15.9 Å². The Morgan fingerprint density at radius 1 is 1.50 bits per heavy atom. The van der Waals surface area contributed by atoms with Crippen molar-refractivity contribution in [2.24, 2.45) is 16.8 Å². The SMILES string of the molecule is CC(CN(C)C(=O)c1c(F)cc(Br)cc1F)C(N)=NO. The number of hydrogen-bond donors (Lipinski definition) is 2. The lowest BCUT2D eigenvalue weighted by molar-refractivity contribution is 0.0776. The molecule has 0 aliphatic rings. The van der Waals surface area contributed by atoms with Crippen molar-refractivity contribution < 1.29 is 18.8 Å². The standard InChI is InChI=1S/C12H14BrF2N3O2/c1-6(11(16)17-20)5-18(2)12(19)10-8(14)3-7(13)4-9(10)15/h3-4,6,20H,5H2,1-2H3,(H2,16,17). The summed E-state index contributed by atoms with van der Waals surface area (Å²) in [6, 6.07) is 2.02. The minimum Gasteiger partial charge on any atom is -0.409 e. The van der Waals surface area contributed by atoms with Gasteiger partial charge < -0.3 is 15.8 Å². The summed E-state index contributed by atoms with van der Waals surface area (Å²) in [7, 11) is 1.38. The van der Waals surface area contributed by atoms with Gasteiger partial charge in [0.2, 0.25) is 0 Å². The Hall–Kier alpha value is -1.70. The number of amidine groups is 1. The summed E-state index contributed by atoms with van der Waals surface area (Å²) < 4.78 is 27.6. The first kappa shape index (κ1) is 16.4. The summed E-state index contributed by atoms with van der Waals surface area (Å²) in [6.45, 7) is 1.68. The highest BCUT2D eigenvalue weighted by Crippen LogP contribution is 2.20. The van der Waals surface area contributed by atoms with Gasteiger partial charge in [-0.05, 0) is 12.1 Å². The third kappa shape index (κ3) is 3.66. The molecule has 0 aliphatic carbocycles. The molecule has 110 valence electrons. The van der Waals surface area contributed by atoms with Crippen molar-refractivity contribution in [2.45, 2.75) is 6.92 Å². The maximum Gasteiger partial charge on any atom is 0.259 e. The fourth-order valence-electron chi connectivity index (χ4n) is 1.62. The number of nitrogens with two attached hydrogens (primary N) is 1. The van der Waals surface area contributed by atoms with E-state index in [4.69, 9.17) is 10.9 Å². The van der Waals surface area contributed by atoms with E-state index in [9.17, 15) is 13.6 Å². The van der Waals surface area contributed by atoms with Crippen molar-refractivity contribution in [2.75, 3.05) is 13.6 Å². The molecule has 0 saturated heterocycles. The maximum atomic E-state index is 13.7. The molecule has 1 atom stereocenters. The van der Waals surface area contributed by atoms with Gasteiger partial charge in [-0.15, -0.1) is 0 Å². The molecule has 0 saturated carbocycles. The number of nitrogens with zero attached hydrogens (tertiary/aromatic N) is 2. The number of oxime groups is 1. The fourth-order valence-corrected chi connectivity index (χ4v) is 2.03. The highest BCUT2D eigenvalue weighted by Gasteiger charge is 2.23. The van der Waals surface area contributed by atoms with Crippen LogP contribution < -0.4 is 5.73 Å². The molecule has 0 aromatic heterocycles. The minimum atomic E-state index is -0.954. The van der Waals surface area contributed by atoms with Crippen molar-refractivity contribution >= 4 is 27.7 Å². The zero-order valence-electron chi connectivity index (χ0n) is 10.9. The van der Waals surface area contributed by atoms with E-state index in [1.165, 1.54) is 7.05 Å². The summed E-state index contributed by atoms with van der Waals surface area (Å²) in [5.41, 5.74) is 4.75. The molecule has 0 radical (unpaired) electrons. The molecule has 8 heteroatoms. The van der Waals surface area contributed by atoms with Gasteiger partial charge >= 0.3 is 0 Å². The quantitative estimate of drug-likeness (QED) is 0.378. The zero-order valence-corrected chi connectivity index (χ0v) is 12.5. The summed E-state index contributed by atoms with van der Waals surface area (Å²) in [5, 5.41) is 11.3. The van der Waals surface area contributed by atoms with Crippen LogP contribution in [0.15, 0.2) is 21.8 Å². The van der Waals surface area contributed by atoms with Gasteiger partial charge in [0, 0.05) is 24.0 Å². The van der Waals surface area contributed by atoms with Gasteiger partial charge in [0.05, 0.1) is 0 Å². The van der Waals surface area contributed by atoms with Crippen LogP contribution in [-0.2, 0) is 0 Å². The lowest BCUT2D eigenvalue weighted by atomic mass is 10.1. The molecule has 1 aromatic rings. The molecule has 3 N–H and O–H groups in total. The van der Waals surface area contributed by atoms with Crippen molar-refractivity contribution in [3.05, 3.63) is 33.8 Å². The molecular weight excluding hydrogens is 336 g/mol. The van der Waals surface area contributed by atoms with E-state index in [0.717, 1.165) is 17.0 Å². The van der Waals surface area contributed by atoms with Crippen LogP contribution in [0.5, 0.6) is 0 Å². The average molecular weight is 350 g/mol. The number of carbonyl (C=O) groups is 1. The highest BCUT2D eigenvalue weighted by molar-refractivity contribution is 9.10. The van der Waals surface area contributed by atoms with E-state index in [1.807, 2.05) is 0 Å². The van der Waals surface area contributed by atoms with Crippen LogP contribution in [0.4, 0.5) is 8.78 Å². The van der Waals surface area contributed by atoms with Gasteiger partial charge in [-0.25, -0.2) is 8.78 Å². The first-order chi connectivity index (χ1) is 9.27. The molecule has 1 amide bonds. The second kappa shape index (κ2) is 6.65. The van der Waals surface area contributed by atoms with Crippen LogP contribution in [0.3, 0.4) is 0 Å². The Bertz CT molecular complexity index is 528.